The van der Waals surface area contributed by atoms with Gasteiger partial charge in [-0.2, -0.15) is 0 Å². The number of carbonyl (C=O) groups excluding carboxylic acids is 2. The van der Waals surface area contributed by atoms with Crippen molar-refractivity contribution in [2.24, 2.45) is 5.92 Å². The number of piperazine rings is 1. The molecule has 2 amide bonds. The highest BCUT2D eigenvalue weighted by atomic mass is 16.5. The zero-order valence-electron chi connectivity index (χ0n) is 19.3. The van der Waals surface area contributed by atoms with Crippen LogP contribution in [0.4, 0.5) is 0 Å². The van der Waals surface area contributed by atoms with E-state index in [9.17, 15) is 9.59 Å². The first kappa shape index (κ1) is 23.5. The van der Waals surface area contributed by atoms with Crippen molar-refractivity contribution >= 4 is 11.8 Å². The van der Waals surface area contributed by atoms with Crippen molar-refractivity contribution in [3.05, 3.63) is 71.8 Å². The first-order valence-electron chi connectivity index (χ1n) is 12.2. The van der Waals surface area contributed by atoms with Crippen molar-refractivity contribution in [1.29, 1.82) is 0 Å². The molecule has 1 atom stereocenters. The Balaban J connectivity index is 1.27. The SMILES string of the molecule is O=C(NCc1ccccc1)[C@@H](C1CCCC1)N1CCN(C(=O)COCc2ccccc2)CC1. The molecule has 0 unspecified atom stereocenters. The van der Waals surface area contributed by atoms with Gasteiger partial charge in [-0.3, -0.25) is 14.5 Å². The zero-order chi connectivity index (χ0) is 22.9. The molecule has 0 aromatic heterocycles. The summed E-state index contributed by atoms with van der Waals surface area (Å²) in [6.07, 6.45) is 4.61. The lowest BCUT2D eigenvalue weighted by Gasteiger charge is -2.40. The minimum Gasteiger partial charge on any atom is -0.367 e. The Labute approximate surface area is 196 Å². The van der Waals surface area contributed by atoms with Gasteiger partial charge >= 0.3 is 0 Å². The highest BCUT2D eigenvalue weighted by Crippen LogP contribution is 2.31. The number of nitrogens with zero attached hydrogens (tertiary/aromatic N) is 2. The second-order valence-corrected chi connectivity index (χ2v) is 9.09. The van der Waals surface area contributed by atoms with E-state index < -0.39 is 0 Å². The minimum absolute atomic E-state index is 0.0246. The molecule has 1 aliphatic heterocycles. The molecule has 1 heterocycles. The van der Waals surface area contributed by atoms with Gasteiger partial charge in [0, 0.05) is 32.7 Å². The molecule has 2 aliphatic rings. The predicted molar refractivity (Wildman–Crippen MR) is 128 cm³/mol. The summed E-state index contributed by atoms with van der Waals surface area (Å²) in [6.45, 7) is 3.83. The Morgan fingerprint density at radius 2 is 1.48 bits per heavy atom. The number of hydrogen-bond acceptors (Lipinski definition) is 4. The van der Waals surface area contributed by atoms with Crippen LogP contribution in [0.5, 0.6) is 0 Å². The Kier molecular flexibility index (Phi) is 8.50. The Morgan fingerprint density at radius 3 is 2.12 bits per heavy atom. The van der Waals surface area contributed by atoms with Gasteiger partial charge in [-0.05, 0) is 29.9 Å². The summed E-state index contributed by atoms with van der Waals surface area (Å²) in [5, 5.41) is 3.17. The summed E-state index contributed by atoms with van der Waals surface area (Å²) >= 11 is 0. The van der Waals surface area contributed by atoms with Crippen LogP contribution in [0.3, 0.4) is 0 Å². The molecule has 6 heteroatoms. The maximum atomic E-state index is 13.2. The van der Waals surface area contributed by atoms with E-state index in [1.807, 2.05) is 65.6 Å². The van der Waals surface area contributed by atoms with E-state index in [0.717, 1.165) is 37.1 Å². The molecule has 1 saturated heterocycles. The van der Waals surface area contributed by atoms with Gasteiger partial charge in [0.05, 0.1) is 12.6 Å². The molecule has 2 aromatic carbocycles. The quantitative estimate of drug-likeness (QED) is 0.639. The van der Waals surface area contributed by atoms with Gasteiger partial charge in [-0.1, -0.05) is 73.5 Å². The van der Waals surface area contributed by atoms with E-state index in [2.05, 4.69) is 10.2 Å². The molecule has 1 N–H and O–H groups in total. The zero-order valence-corrected chi connectivity index (χ0v) is 19.3. The van der Waals surface area contributed by atoms with Gasteiger partial charge in [0.2, 0.25) is 11.8 Å². The highest BCUT2D eigenvalue weighted by Gasteiger charge is 2.37. The number of hydrogen-bond donors (Lipinski definition) is 1. The van der Waals surface area contributed by atoms with Gasteiger partial charge < -0.3 is 15.0 Å². The monoisotopic (exact) mass is 449 g/mol. The van der Waals surface area contributed by atoms with Crippen LogP contribution in [0, 0.1) is 5.92 Å². The number of nitrogens with one attached hydrogen (secondary N) is 1. The van der Waals surface area contributed by atoms with Gasteiger partial charge in [0.25, 0.3) is 0 Å². The lowest BCUT2D eigenvalue weighted by atomic mass is 9.95. The summed E-state index contributed by atoms with van der Waals surface area (Å²) in [5.41, 5.74) is 2.18. The van der Waals surface area contributed by atoms with Crippen LogP contribution in [-0.4, -0.2) is 60.4 Å². The molecule has 1 aliphatic carbocycles. The number of amides is 2. The van der Waals surface area contributed by atoms with Crippen molar-refractivity contribution in [1.82, 2.24) is 15.1 Å². The van der Waals surface area contributed by atoms with E-state index in [4.69, 9.17) is 4.74 Å². The molecule has 0 bridgehead atoms. The van der Waals surface area contributed by atoms with E-state index in [1.165, 1.54) is 12.8 Å². The molecule has 0 radical (unpaired) electrons. The van der Waals surface area contributed by atoms with Crippen LogP contribution in [0.1, 0.15) is 36.8 Å². The normalized spacial score (nSPS) is 18.2. The van der Waals surface area contributed by atoms with Gasteiger partial charge in [-0.15, -0.1) is 0 Å². The van der Waals surface area contributed by atoms with E-state index in [1.54, 1.807) is 0 Å². The molecule has 2 fully saturated rings. The topological polar surface area (TPSA) is 61.9 Å². The molecule has 2 aromatic rings. The Morgan fingerprint density at radius 1 is 0.879 bits per heavy atom. The maximum Gasteiger partial charge on any atom is 0.248 e. The summed E-state index contributed by atoms with van der Waals surface area (Å²) in [4.78, 5) is 30.0. The van der Waals surface area contributed by atoms with Crippen molar-refractivity contribution in [2.45, 2.75) is 44.9 Å². The minimum atomic E-state index is -0.109. The van der Waals surface area contributed by atoms with Crippen molar-refractivity contribution in [3.63, 3.8) is 0 Å². The third-order valence-electron chi connectivity index (χ3n) is 6.82. The van der Waals surface area contributed by atoms with Crippen LogP contribution in [0.25, 0.3) is 0 Å². The average molecular weight is 450 g/mol. The molecule has 1 saturated carbocycles. The summed E-state index contributed by atoms with van der Waals surface area (Å²) in [7, 11) is 0. The lowest BCUT2D eigenvalue weighted by Crippen LogP contribution is -2.58. The second-order valence-electron chi connectivity index (χ2n) is 9.09. The Hall–Kier alpha value is -2.70. The Bertz CT molecular complexity index is 876. The summed E-state index contributed by atoms with van der Waals surface area (Å²) in [6, 6.07) is 19.8. The van der Waals surface area contributed by atoms with Crippen molar-refractivity contribution in [2.75, 3.05) is 32.8 Å². The molecular weight excluding hydrogens is 414 g/mol. The number of carbonyl (C=O) groups is 2. The smallest absolute Gasteiger partial charge is 0.248 e. The van der Waals surface area contributed by atoms with Crippen molar-refractivity contribution < 1.29 is 14.3 Å². The lowest BCUT2D eigenvalue weighted by molar-refractivity contribution is -0.139. The third-order valence-corrected chi connectivity index (χ3v) is 6.82. The van der Waals surface area contributed by atoms with E-state index in [-0.39, 0.29) is 24.5 Å². The van der Waals surface area contributed by atoms with Gasteiger partial charge in [0.15, 0.2) is 0 Å². The average Bonchev–Trinajstić information content (AvgIpc) is 3.39. The van der Waals surface area contributed by atoms with Crippen LogP contribution < -0.4 is 5.32 Å². The first-order chi connectivity index (χ1) is 16.2. The van der Waals surface area contributed by atoms with Crippen molar-refractivity contribution in [3.8, 4) is 0 Å². The number of ether oxygens (including phenoxy) is 1. The third kappa shape index (κ3) is 6.65. The van der Waals surface area contributed by atoms with Gasteiger partial charge in [0.1, 0.15) is 6.61 Å². The fraction of sp³-hybridized carbons (Fsp3) is 0.481. The standard InChI is InChI=1S/C27H35N3O3/c31-25(21-33-20-23-11-5-2-6-12-23)29-15-17-30(18-16-29)26(24-13-7-8-14-24)27(32)28-19-22-9-3-1-4-10-22/h1-6,9-12,24,26H,7-8,13-21H2,(H,28,32)/t26-/m1/s1. The van der Waals surface area contributed by atoms with Crippen LogP contribution in [0.15, 0.2) is 60.7 Å². The molecule has 33 heavy (non-hydrogen) atoms. The predicted octanol–water partition coefficient (Wildman–Crippen LogP) is 3.22. The first-order valence-corrected chi connectivity index (χ1v) is 12.2. The van der Waals surface area contributed by atoms with Gasteiger partial charge in [-0.25, -0.2) is 0 Å². The van der Waals surface area contributed by atoms with E-state index >= 15 is 0 Å². The largest absolute Gasteiger partial charge is 0.367 e. The maximum absolute atomic E-state index is 13.2. The summed E-state index contributed by atoms with van der Waals surface area (Å²) in [5.74, 6) is 0.547. The van der Waals surface area contributed by atoms with Crippen LogP contribution in [0.2, 0.25) is 0 Å². The number of benzene rings is 2. The second kappa shape index (κ2) is 12.0. The van der Waals surface area contributed by atoms with Crippen LogP contribution >= 0.6 is 0 Å². The van der Waals surface area contributed by atoms with Crippen LogP contribution in [-0.2, 0) is 27.5 Å². The fourth-order valence-corrected chi connectivity index (χ4v) is 5.01. The molecule has 4 rings (SSSR count). The number of rotatable bonds is 9. The van der Waals surface area contributed by atoms with E-state index in [0.29, 0.717) is 32.2 Å². The molecule has 0 spiro atoms. The molecular formula is C27H35N3O3. The highest BCUT2D eigenvalue weighted by molar-refractivity contribution is 5.82. The fourth-order valence-electron chi connectivity index (χ4n) is 5.01. The molecule has 6 nitrogen and oxygen atoms in total. The molecule has 176 valence electrons. The summed E-state index contributed by atoms with van der Waals surface area (Å²) < 4.78 is 5.63.